The third-order valence-corrected chi connectivity index (χ3v) is 4.57. The lowest BCUT2D eigenvalue weighted by molar-refractivity contribution is 0.0120. The van der Waals surface area contributed by atoms with Crippen LogP contribution in [0.1, 0.15) is 16.8 Å². The zero-order valence-electron chi connectivity index (χ0n) is 13.1. The molecular weight excluding hydrogens is 348 g/mol. The first-order valence-electron chi connectivity index (χ1n) is 7.83. The van der Waals surface area contributed by atoms with E-state index >= 15 is 0 Å². The Morgan fingerprint density at radius 1 is 1.20 bits per heavy atom. The van der Waals surface area contributed by atoms with Crippen LogP contribution in [0.15, 0.2) is 48.8 Å². The molecule has 1 fully saturated rings. The first-order valence-corrected chi connectivity index (χ1v) is 8.21. The van der Waals surface area contributed by atoms with Crippen molar-refractivity contribution in [1.29, 1.82) is 0 Å². The van der Waals surface area contributed by atoms with Crippen molar-refractivity contribution in [3.05, 3.63) is 59.4 Å². The molecule has 2 aromatic carbocycles. The number of nitrogens with zero attached hydrogens (tertiary/aromatic N) is 3. The summed E-state index contributed by atoms with van der Waals surface area (Å²) in [6.45, 7) is -0.457. The molecule has 128 valence electrons. The van der Waals surface area contributed by atoms with Gasteiger partial charge in [0.2, 0.25) is 0 Å². The van der Waals surface area contributed by atoms with Crippen LogP contribution in [0.2, 0.25) is 5.02 Å². The Labute approximate surface area is 147 Å². The Morgan fingerprint density at radius 3 is 2.76 bits per heavy atom. The van der Waals surface area contributed by atoms with Crippen LogP contribution in [0.5, 0.6) is 0 Å². The fourth-order valence-electron chi connectivity index (χ4n) is 3.07. The highest BCUT2D eigenvalue weighted by Gasteiger charge is 2.40. The number of benzene rings is 2. The van der Waals surface area contributed by atoms with E-state index in [9.17, 15) is 13.6 Å². The number of hydrogen-bond donors (Lipinski definition) is 0. The maximum absolute atomic E-state index is 13.3. The van der Waals surface area contributed by atoms with Crippen molar-refractivity contribution < 1.29 is 13.6 Å². The molecule has 0 bridgehead atoms. The van der Waals surface area contributed by atoms with Crippen LogP contribution in [0.25, 0.3) is 16.7 Å². The van der Waals surface area contributed by atoms with Crippen molar-refractivity contribution in [1.82, 2.24) is 14.5 Å². The van der Waals surface area contributed by atoms with E-state index in [2.05, 4.69) is 4.98 Å². The number of amides is 1. The van der Waals surface area contributed by atoms with E-state index in [1.54, 1.807) is 30.6 Å². The lowest BCUT2D eigenvalue weighted by Crippen LogP contribution is -2.31. The minimum Gasteiger partial charge on any atom is -0.332 e. The maximum atomic E-state index is 13.3. The van der Waals surface area contributed by atoms with Crippen molar-refractivity contribution in [2.24, 2.45) is 0 Å². The average molecular weight is 362 g/mol. The summed E-state index contributed by atoms with van der Waals surface area (Å²) in [5.41, 5.74) is 2.65. The Hall–Kier alpha value is -2.47. The van der Waals surface area contributed by atoms with Crippen LogP contribution in [0.3, 0.4) is 0 Å². The summed E-state index contributed by atoms with van der Waals surface area (Å²) < 4.78 is 28.5. The topological polar surface area (TPSA) is 38.1 Å². The van der Waals surface area contributed by atoms with Crippen LogP contribution in [0.4, 0.5) is 8.78 Å². The van der Waals surface area contributed by atoms with Crippen LogP contribution < -0.4 is 0 Å². The number of carbonyl (C=O) groups is 1. The molecule has 1 amide bonds. The monoisotopic (exact) mass is 361 g/mol. The zero-order chi connectivity index (χ0) is 17.6. The van der Waals surface area contributed by atoms with E-state index in [1.165, 1.54) is 4.90 Å². The Kier molecular flexibility index (Phi) is 3.72. The number of carbonyl (C=O) groups excluding carboxylic acids is 1. The number of fused-ring (bicyclic) bond motifs is 1. The molecule has 3 aromatic rings. The largest absolute Gasteiger partial charge is 0.332 e. The molecule has 0 N–H and O–H groups in total. The lowest BCUT2D eigenvalue weighted by atomic mass is 10.1. The minimum absolute atomic E-state index is 0.0703. The SMILES string of the molecule is O=C(c1ccc2c(c1)ncn2-c1cccc(Cl)c1)N1CCC(F)(F)C1. The normalized spacial score (nSPS) is 16.5. The van der Waals surface area contributed by atoms with Crippen LogP contribution in [0, 0.1) is 0 Å². The number of rotatable bonds is 2. The van der Waals surface area contributed by atoms with Crippen molar-refractivity contribution in [3.63, 3.8) is 0 Å². The van der Waals surface area contributed by atoms with Crippen molar-refractivity contribution in [2.45, 2.75) is 12.3 Å². The van der Waals surface area contributed by atoms with Crippen LogP contribution in [-0.4, -0.2) is 39.4 Å². The average Bonchev–Trinajstić information content (AvgIpc) is 3.16. The summed E-state index contributed by atoms with van der Waals surface area (Å²) in [6, 6.07) is 12.4. The molecule has 0 unspecified atom stereocenters. The second-order valence-electron chi connectivity index (χ2n) is 6.13. The smallest absolute Gasteiger partial charge is 0.267 e. The minimum atomic E-state index is -2.80. The molecule has 1 aliphatic rings. The summed E-state index contributed by atoms with van der Waals surface area (Å²) in [5, 5.41) is 0.612. The maximum Gasteiger partial charge on any atom is 0.267 e. The van der Waals surface area contributed by atoms with Crippen molar-refractivity contribution >= 4 is 28.5 Å². The Bertz CT molecular complexity index is 970. The fourth-order valence-corrected chi connectivity index (χ4v) is 3.25. The van der Waals surface area contributed by atoms with Gasteiger partial charge < -0.3 is 4.90 Å². The zero-order valence-corrected chi connectivity index (χ0v) is 13.9. The molecule has 0 spiro atoms. The molecule has 2 heterocycles. The van der Waals surface area contributed by atoms with E-state index < -0.39 is 18.4 Å². The number of aromatic nitrogens is 2. The van der Waals surface area contributed by atoms with Crippen molar-refractivity contribution in [2.75, 3.05) is 13.1 Å². The van der Waals surface area contributed by atoms with Gasteiger partial charge in [-0.3, -0.25) is 9.36 Å². The second kappa shape index (κ2) is 5.81. The molecule has 0 saturated carbocycles. The van der Waals surface area contributed by atoms with E-state index in [-0.39, 0.29) is 13.0 Å². The number of likely N-dealkylation sites (tertiary alicyclic amines) is 1. The van der Waals surface area contributed by atoms with Gasteiger partial charge in [0.15, 0.2) is 0 Å². The van der Waals surface area contributed by atoms with Gasteiger partial charge in [-0.15, -0.1) is 0 Å². The van der Waals surface area contributed by atoms with Crippen molar-refractivity contribution in [3.8, 4) is 5.69 Å². The Morgan fingerprint density at radius 2 is 2.04 bits per heavy atom. The van der Waals surface area contributed by atoms with Gasteiger partial charge in [0.25, 0.3) is 11.8 Å². The summed E-state index contributed by atoms with van der Waals surface area (Å²) >= 11 is 6.03. The number of halogens is 3. The van der Waals surface area contributed by atoms with Gasteiger partial charge in [0.1, 0.15) is 6.33 Å². The molecule has 4 rings (SSSR count). The van der Waals surface area contributed by atoms with Gasteiger partial charge in [-0.25, -0.2) is 13.8 Å². The summed E-state index contributed by atoms with van der Waals surface area (Å²) in [5.74, 6) is -3.19. The molecule has 0 radical (unpaired) electrons. The molecule has 1 aliphatic heterocycles. The number of alkyl halides is 2. The van der Waals surface area contributed by atoms with Crippen LogP contribution >= 0.6 is 11.6 Å². The predicted molar refractivity (Wildman–Crippen MR) is 91.5 cm³/mol. The van der Waals surface area contributed by atoms with Gasteiger partial charge in [-0.05, 0) is 36.4 Å². The van der Waals surface area contributed by atoms with E-state index in [1.807, 2.05) is 22.8 Å². The molecule has 1 aromatic heterocycles. The number of imidazole rings is 1. The fraction of sp³-hybridized carbons (Fsp3) is 0.222. The summed E-state index contributed by atoms with van der Waals surface area (Å²) in [4.78, 5) is 18.0. The standard InChI is InChI=1S/C18H14ClF2N3O/c19-13-2-1-3-14(9-13)24-11-22-15-8-12(4-5-16(15)24)17(25)23-7-6-18(20,21)10-23/h1-5,8-9,11H,6-7,10H2. The molecule has 7 heteroatoms. The highest BCUT2D eigenvalue weighted by molar-refractivity contribution is 6.30. The third-order valence-electron chi connectivity index (χ3n) is 4.34. The van der Waals surface area contributed by atoms with Crippen LogP contribution in [-0.2, 0) is 0 Å². The Balaban J connectivity index is 1.67. The molecule has 0 atom stereocenters. The van der Waals surface area contributed by atoms with Gasteiger partial charge in [-0.1, -0.05) is 17.7 Å². The number of hydrogen-bond acceptors (Lipinski definition) is 2. The first-order chi connectivity index (χ1) is 11.9. The molecule has 1 saturated heterocycles. The van der Waals surface area contributed by atoms with E-state index in [0.717, 1.165) is 11.2 Å². The lowest BCUT2D eigenvalue weighted by Gasteiger charge is -2.16. The third kappa shape index (κ3) is 2.98. The van der Waals surface area contributed by atoms with Gasteiger partial charge >= 0.3 is 0 Å². The highest BCUT2D eigenvalue weighted by atomic mass is 35.5. The summed E-state index contributed by atoms with van der Waals surface area (Å²) in [7, 11) is 0. The predicted octanol–water partition coefficient (Wildman–Crippen LogP) is 4.16. The highest BCUT2D eigenvalue weighted by Crippen LogP contribution is 2.28. The first kappa shape index (κ1) is 16.0. The molecular formula is C18H14ClF2N3O. The quantitative estimate of drug-likeness (QED) is 0.687. The van der Waals surface area contributed by atoms with Gasteiger partial charge in [0.05, 0.1) is 17.6 Å². The van der Waals surface area contributed by atoms with Gasteiger partial charge in [0, 0.05) is 29.2 Å². The van der Waals surface area contributed by atoms with E-state index in [4.69, 9.17) is 11.6 Å². The molecule has 0 aliphatic carbocycles. The van der Waals surface area contributed by atoms with Gasteiger partial charge in [-0.2, -0.15) is 0 Å². The van der Waals surface area contributed by atoms with E-state index in [0.29, 0.717) is 16.1 Å². The molecule has 4 nitrogen and oxygen atoms in total. The summed E-state index contributed by atoms with van der Waals surface area (Å²) in [6.07, 6.45) is 1.36. The second-order valence-corrected chi connectivity index (χ2v) is 6.57. The molecule has 25 heavy (non-hydrogen) atoms.